The second kappa shape index (κ2) is 16.8. The number of aryl methyl sites for hydroxylation is 4. The van der Waals surface area contributed by atoms with Gasteiger partial charge in [0.2, 0.25) is 17.8 Å². The minimum Gasteiger partial charge on any atom is -0.491 e. The van der Waals surface area contributed by atoms with Crippen LogP contribution >= 0.6 is 0 Å². The first kappa shape index (κ1) is 41.1. The van der Waals surface area contributed by atoms with Gasteiger partial charge in [-0.3, -0.25) is 33.6 Å². The molecule has 0 radical (unpaired) electrons. The zero-order valence-electron chi connectivity index (χ0n) is 34.7. The number of carbonyl (C=O) groups excluding carboxylic acids is 3. The van der Waals surface area contributed by atoms with Crippen molar-refractivity contribution in [3.8, 4) is 17.3 Å². The number of nitrogens with one attached hydrogen (secondary N) is 1. The van der Waals surface area contributed by atoms with Gasteiger partial charge < -0.3 is 30.8 Å². The predicted molar refractivity (Wildman–Crippen MR) is 229 cm³/mol. The zero-order chi connectivity index (χ0) is 43.8. The van der Waals surface area contributed by atoms with Gasteiger partial charge in [0.15, 0.2) is 11.5 Å². The number of carboxylic acid groups (broad SMARTS) is 1. The van der Waals surface area contributed by atoms with Crippen LogP contribution in [0.4, 0.5) is 10.7 Å². The number of benzene rings is 1. The Balaban J connectivity index is 1.16. The number of rotatable bonds is 16. The maximum absolute atomic E-state index is 13.6. The Kier molecular flexibility index (Phi) is 11.1. The minimum atomic E-state index is -0.919. The van der Waals surface area contributed by atoms with E-state index in [1.54, 1.807) is 33.6 Å². The van der Waals surface area contributed by atoms with Crippen molar-refractivity contribution in [1.82, 2.24) is 53.5 Å². The van der Waals surface area contributed by atoms with Gasteiger partial charge in [0.25, 0.3) is 5.91 Å². The van der Waals surface area contributed by atoms with Crippen LogP contribution in [0.1, 0.15) is 69.3 Å². The van der Waals surface area contributed by atoms with E-state index < -0.39 is 23.8 Å². The highest BCUT2D eigenvalue weighted by Gasteiger charge is 2.30. The van der Waals surface area contributed by atoms with E-state index >= 15 is 0 Å². The molecule has 4 amide bonds. The Labute approximate surface area is 354 Å². The second-order valence-corrected chi connectivity index (χ2v) is 15.2. The van der Waals surface area contributed by atoms with Crippen molar-refractivity contribution >= 4 is 62.9 Å². The lowest BCUT2D eigenvalue weighted by molar-refractivity contribution is 0.0757. The number of imidazole rings is 1. The van der Waals surface area contributed by atoms with E-state index in [4.69, 9.17) is 26.2 Å². The SMILES string of the molecule is CCn1nc(C)cc1C(=O)Nc1nc2cc(C(N)=O)cnc2n1CC=CCn1c2nc(-c3cc(C)nn3CC)ncc2c2cc(C(N)=O)cc(OCCCC3CN(C(=O)O)C3)c21. The molecule has 1 aliphatic rings. The normalized spacial score (nSPS) is 13.1. The summed E-state index contributed by atoms with van der Waals surface area (Å²) in [4.78, 5) is 69.9. The average Bonchev–Trinajstić information content (AvgIpc) is 3.98. The monoisotopic (exact) mass is 842 g/mol. The third kappa shape index (κ3) is 7.88. The summed E-state index contributed by atoms with van der Waals surface area (Å²) in [6, 6.07) is 8.50. The number of hydrogen-bond donors (Lipinski definition) is 4. The standard InChI is InChI=1S/C42H46N14O6/c1-5-55-31(14-23(3)50-55)37-45-20-29-28-16-26(35(43)57)18-33(62-13-9-10-25-21-52(22-25)42(60)61)34(28)53(38(29)48-37)11-7-8-12-54-39-30(17-27(19-46-39)36(44)58)47-41(54)49-40(59)32-15-24(4)51-56(32)6-2/h7-8,14-20,25H,5-6,9-13,21-22H2,1-4H3,(H2,43,57)(H2,44,58)(H,60,61)(H,47,49,59). The molecule has 0 unspecified atom stereocenters. The first-order chi connectivity index (χ1) is 29.8. The van der Waals surface area contributed by atoms with E-state index in [1.165, 1.54) is 17.2 Å². The lowest BCUT2D eigenvalue weighted by Crippen LogP contribution is -2.49. The fourth-order valence-corrected chi connectivity index (χ4v) is 7.86. The molecule has 7 heterocycles. The number of primary amides is 2. The van der Waals surface area contributed by atoms with Gasteiger partial charge in [-0.15, -0.1) is 0 Å². The summed E-state index contributed by atoms with van der Waals surface area (Å²) in [6.45, 7) is 10.5. The molecule has 1 fully saturated rings. The highest BCUT2D eigenvalue weighted by molar-refractivity contribution is 6.12. The summed E-state index contributed by atoms with van der Waals surface area (Å²) >= 11 is 0. The van der Waals surface area contributed by atoms with Gasteiger partial charge in [0.05, 0.1) is 29.1 Å². The first-order valence-corrected chi connectivity index (χ1v) is 20.3. The van der Waals surface area contributed by atoms with Crippen molar-refractivity contribution < 1.29 is 29.0 Å². The number of likely N-dealkylation sites (tertiary alicyclic amines) is 1. The van der Waals surface area contributed by atoms with Crippen LogP contribution in [0, 0.1) is 19.8 Å². The molecule has 0 aliphatic carbocycles. The fourth-order valence-electron chi connectivity index (χ4n) is 7.86. The van der Waals surface area contributed by atoms with Gasteiger partial charge in [-0.05, 0) is 76.8 Å². The molecule has 6 aromatic heterocycles. The third-order valence-corrected chi connectivity index (χ3v) is 10.9. The van der Waals surface area contributed by atoms with Crippen LogP contribution < -0.4 is 21.5 Å². The van der Waals surface area contributed by atoms with Gasteiger partial charge in [-0.2, -0.15) is 10.2 Å². The number of allylic oxidation sites excluding steroid dienone is 2. The lowest BCUT2D eigenvalue weighted by Gasteiger charge is -2.37. The molecule has 62 heavy (non-hydrogen) atoms. The molecule has 8 rings (SSSR count). The van der Waals surface area contributed by atoms with Crippen molar-refractivity contribution in [2.75, 3.05) is 25.0 Å². The summed E-state index contributed by atoms with van der Waals surface area (Å²) in [7, 11) is 0. The maximum atomic E-state index is 13.6. The number of nitrogens with two attached hydrogens (primary N) is 2. The summed E-state index contributed by atoms with van der Waals surface area (Å²) in [5.41, 5.74) is 16.5. The number of hydrogen-bond acceptors (Lipinski definition) is 11. The van der Waals surface area contributed by atoms with Crippen LogP contribution in [-0.2, 0) is 26.2 Å². The fraction of sp³-hybridized carbons (Fsp3) is 0.333. The number of pyridine rings is 1. The molecule has 6 N–H and O–H groups in total. The molecule has 7 aromatic rings. The van der Waals surface area contributed by atoms with Gasteiger partial charge >= 0.3 is 6.09 Å². The Hall–Kier alpha value is -7.64. The van der Waals surface area contributed by atoms with Gasteiger partial charge in [-0.25, -0.2) is 24.7 Å². The van der Waals surface area contributed by atoms with Crippen LogP contribution in [-0.4, -0.2) is 102 Å². The molecule has 1 aliphatic heterocycles. The van der Waals surface area contributed by atoms with Crippen LogP contribution in [0.2, 0.25) is 0 Å². The van der Waals surface area contributed by atoms with Crippen LogP contribution in [0.5, 0.6) is 5.75 Å². The molecule has 0 bridgehead atoms. The summed E-state index contributed by atoms with van der Waals surface area (Å²) in [6.07, 6.45) is 7.45. The van der Waals surface area contributed by atoms with Crippen molar-refractivity contribution in [2.24, 2.45) is 17.4 Å². The first-order valence-electron chi connectivity index (χ1n) is 20.3. The van der Waals surface area contributed by atoms with E-state index in [9.17, 15) is 24.3 Å². The van der Waals surface area contributed by atoms with Crippen LogP contribution in [0.15, 0.2) is 54.9 Å². The number of amides is 4. The van der Waals surface area contributed by atoms with E-state index in [2.05, 4.69) is 25.5 Å². The molecular weight excluding hydrogens is 797 g/mol. The minimum absolute atomic E-state index is 0.172. The Morgan fingerprint density at radius 2 is 1.55 bits per heavy atom. The molecule has 0 saturated carbocycles. The zero-order valence-corrected chi connectivity index (χ0v) is 34.7. The highest BCUT2D eigenvalue weighted by Crippen LogP contribution is 2.37. The quantitative estimate of drug-likeness (QED) is 0.0773. The third-order valence-electron chi connectivity index (χ3n) is 10.9. The number of fused-ring (bicyclic) bond motifs is 4. The molecule has 1 saturated heterocycles. The topological polar surface area (TPSA) is 262 Å². The largest absolute Gasteiger partial charge is 0.491 e. The van der Waals surface area contributed by atoms with Crippen molar-refractivity contribution in [2.45, 2.75) is 66.7 Å². The van der Waals surface area contributed by atoms with Gasteiger partial charge in [0.1, 0.15) is 28.3 Å². The molecule has 20 heteroatoms. The molecule has 320 valence electrons. The van der Waals surface area contributed by atoms with Crippen molar-refractivity contribution in [3.63, 3.8) is 0 Å². The van der Waals surface area contributed by atoms with Crippen molar-refractivity contribution in [1.29, 1.82) is 0 Å². The lowest BCUT2D eigenvalue weighted by atomic mass is 9.95. The van der Waals surface area contributed by atoms with E-state index in [0.717, 1.165) is 17.8 Å². The molecule has 20 nitrogen and oxygen atoms in total. The van der Waals surface area contributed by atoms with Gasteiger partial charge in [0, 0.05) is 68.0 Å². The predicted octanol–water partition coefficient (Wildman–Crippen LogP) is 4.52. The molecular formula is C42H46N14O6. The number of nitrogens with zero attached hydrogens (tertiary/aromatic N) is 11. The van der Waals surface area contributed by atoms with E-state index in [-0.39, 0.29) is 36.1 Å². The molecule has 1 aromatic carbocycles. The van der Waals surface area contributed by atoms with E-state index in [1.807, 2.05) is 55.2 Å². The average molecular weight is 843 g/mol. The Bertz CT molecular complexity index is 2930. The van der Waals surface area contributed by atoms with E-state index in [0.29, 0.717) is 95.3 Å². The number of aromatic nitrogens is 10. The Morgan fingerprint density at radius 3 is 2.26 bits per heavy atom. The highest BCUT2D eigenvalue weighted by atomic mass is 16.5. The number of carbonyl (C=O) groups is 4. The van der Waals surface area contributed by atoms with Crippen molar-refractivity contribution in [3.05, 3.63) is 83.1 Å². The van der Waals surface area contributed by atoms with Crippen LogP contribution in [0.3, 0.4) is 0 Å². The second-order valence-electron chi connectivity index (χ2n) is 15.2. The molecule has 0 spiro atoms. The Morgan fingerprint density at radius 1 is 0.839 bits per heavy atom. The smallest absolute Gasteiger partial charge is 0.407 e. The number of ether oxygens (including phenoxy) is 1. The summed E-state index contributed by atoms with van der Waals surface area (Å²) < 4.78 is 13.6. The van der Waals surface area contributed by atoms with Gasteiger partial charge in [-0.1, -0.05) is 12.2 Å². The number of anilines is 1. The maximum Gasteiger partial charge on any atom is 0.407 e. The molecule has 0 atom stereocenters. The summed E-state index contributed by atoms with van der Waals surface area (Å²) in [5.74, 6) is -0.347. The summed E-state index contributed by atoms with van der Waals surface area (Å²) in [5, 5.41) is 22.5. The van der Waals surface area contributed by atoms with Crippen LogP contribution in [0.25, 0.3) is 44.6 Å².